The van der Waals surface area contributed by atoms with Crippen LogP contribution in [0, 0.1) is 0 Å². The predicted molar refractivity (Wildman–Crippen MR) is 201 cm³/mol. The van der Waals surface area contributed by atoms with Gasteiger partial charge in [-0.25, -0.2) is 4.57 Å². The van der Waals surface area contributed by atoms with Crippen molar-refractivity contribution in [2.75, 3.05) is 33.0 Å². The molecule has 0 aliphatic heterocycles. The largest absolute Gasteiger partial charge is 0.472 e. The molecular weight excluding hydrogens is 625 g/mol. The van der Waals surface area contributed by atoms with Crippen molar-refractivity contribution in [3.63, 3.8) is 0 Å². The van der Waals surface area contributed by atoms with Crippen LogP contribution in [0.3, 0.4) is 0 Å². The van der Waals surface area contributed by atoms with Gasteiger partial charge >= 0.3 is 13.8 Å². The molecular formula is C39H80NO7P. The smallest absolute Gasteiger partial charge is 0.457 e. The Kier molecular flexibility index (Phi) is 37.4. The van der Waals surface area contributed by atoms with Crippen LogP contribution in [0.4, 0.5) is 0 Å². The van der Waals surface area contributed by atoms with Crippen molar-refractivity contribution in [2.45, 2.75) is 213 Å². The van der Waals surface area contributed by atoms with Gasteiger partial charge in [-0.05, 0) is 12.8 Å². The van der Waals surface area contributed by atoms with Gasteiger partial charge in [-0.15, -0.1) is 0 Å². The number of phosphoric acid groups is 1. The minimum atomic E-state index is -4.26. The number of ether oxygens (including phenoxy) is 2. The molecule has 0 aromatic carbocycles. The maximum atomic E-state index is 12.5. The third kappa shape index (κ3) is 36.8. The quantitative estimate of drug-likeness (QED) is 0.0367. The van der Waals surface area contributed by atoms with Crippen LogP contribution < -0.4 is 5.73 Å². The highest BCUT2D eigenvalue weighted by Gasteiger charge is 2.25. The molecule has 2 unspecified atom stereocenters. The number of esters is 1. The SMILES string of the molecule is CCCCCCCCCCCCCCCCCC(=O)OC(COCCCCCCCCCCCCCCCC)COP(=O)(O)OCCN. The van der Waals surface area contributed by atoms with E-state index >= 15 is 0 Å². The molecule has 0 heterocycles. The first-order chi connectivity index (χ1) is 23.4. The maximum Gasteiger partial charge on any atom is 0.472 e. The van der Waals surface area contributed by atoms with Gasteiger partial charge in [-0.3, -0.25) is 13.8 Å². The average Bonchev–Trinajstić information content (AvgIpc) is 3.07. The Morgan fingerprint density at radius 1 is 0.542 bits per heavy atom. The van der Waals surface area contributed by atoms with Gasteiger partial charge in [0.25, 0.3) is 0 Å². The van der Waals surface area contributed by atoms with Gasteiger partial charge in [0.2, 0.25) is 0 Å². The third-order valence-electron chi connectivity index (χ3n) is 9.02. The topological polar surface area (TPSA) is 117 Å². The van der Waals surface area contributed by atoms with E-state index in [0.717, 1.165) is 32.1 Å². The van der Waals surface area contributed by atoms with Crippen LogP contribution in [0.5, 0.6) is 0 Å². The molecule has 0 bridgehead atoms. The summed E-state index contributed by atoms with van der Waals surface area (Å²) in [5, 5.41) is 0. The highest BCUT2D eigenvalue weighted by atomic mass is 31.2. The standard InChI is InChI=1S/C39H80NO7P/c1-3-5-7-9-11-13-15-17-19-20-22-24-26-28-30-32-39(41)47-38(37-46-48(42,43)45-35-33-40)36-44-34-31-29-27-25-23-21-18-16-14-12-10-8-6-4-2/h38H,3-37,40H2,1-2H3,(H,42,43). The Labute approximate surface area is 297 Å². The van der Waals surface area contributed by atoms with Crippen molar-refractivity contribution in [3.8, 4) is 0 Å². The highest BCUT2D eigenvalue weighted by molar-refractivity contribution is 7.47. The van der Waals surface area contributed by atoms with E-state index in [1.807, 2.05) is 0 Å². The molecule has 8 nitrogen and oxygen atoms in total. The lowest BCUT2D eigenvalue weighted by molar-refractivity contribution is -0.154. The maximum absolute atomic E-state index is 12.5. The number of rotatable bonds is 40. The van der Waals surface area contributed by atoms with Crippen molar-refractivity contribution in [1.82, 2.24) is 0 Å². The van der Waals surface area contributed by atoms with Gasteiger partial charge in [0, 0.05) is 19.6 Å². The summed E-state index contributed by atoms with van der Waals surface area (Å²) in [4.78, 5) is 22.4. The first-order valence-corrected chi connectivity index (χ1v) is 22.0. The number of hydrogen-bond donors (Lipinski definition) is 2. The Bertz CT molecular complexity index is 712. The summed E-state index contributed by atoms with van der Waals surface area (Å²) in [5.41, 5.74) is 5.36. The van der Waals surface area contributed by atoms with Crippen molar-refractivity contribution in [2.24, 2.45) is 5.73 Å². The van der Waals surface area contributed by atoms with Crippen molar-refractivity contribution in [3.05, 3.63) is 0 Å². The first kappa shape index (κ1) is 47.5. The second-order valence-electron chi connectivity index (χ2n) is 13.9. The number of nitrogens with two attached hydrogens (primary N) is 1. The fourth-order valence-electron chi connectivity index (χ4n) is 6.00. The molecule has 0 aromatic heterocycles. The molecule has 288 valence electrons. The van der Waals surface area contributed by atoms with Gasteiger partial charge in [0.1, 0.15) is 6.10 Å². The third-order valence-corrected chi connectivity index (χ3v) is 10.0. The summed E-state index contributed by atoms with van der Waals surface area (Å²) in [6.07, 6.45) is 36.8. The molecule has 0 rings (SSSR count). The molecule has 0 saturated carbocycles. The number of hydrogen-bond acceptors (Lipinski definition) is 7. The molecule has 48 heavy (non-hydrogen) atoms. The van der Waals surface area contributed by atoms with E-state index in [1.165, 1.54) is 154 Å². The molecule has 0 aromatic rings. The van der Waals surface area contributed by atoms with Crippen molar-refractivity contribution < 1.29 is 32.8 Å². The molecule has 0 radical (unpaired) electrons. The van der Waals surface area contributed by atoms with E-state index in [4.69, 9.17) is 24.3 Å². The fraction of sp³-hybridized carbons (Fsp3) is 0.974. The summed E-state index contributed by atoms with van der Waals surface area (Å²) >= 11 is 0. The zero-order valence-electron chi connectivity index (χ0n) is 31.7. The second kappa shape index (κ2) is 37.7. The van der Waals surface area contributed by atoms with Crippen LogP contribution >= 0.6 is 7.82 Å². The molecule has 0 aliphatic rings. The van der Waals surface area contributed by atoms with Crippen molar-refractivity contribution >= 4 is 13.8 Å². The molecule has 0 spiro atoms. The molecule has 0 aliphatic carbocycles. The van der Waals surface area contributed by atoms with Crippen LogP contribution in [0.25, 0.3) is 0 Å². The first-order valence-electron chi connectivity index (χ1n) is 20.5. The van der Waals surface area contributed by atoms with Gasteiger partial charge < -0.3 is 20.1 Å². The van der Waals surface area contributed by atoms with Crippen LogP contribution in [-0.2, 0) is 27.9 Å². The second-order valence-corrected chi connectivity index (χ2v) is 15.3. The predicted octanol–water partition coefficient (Wildman–Crippen LogP) is 11.7. The van der Waals surface area contributed by atoms with Gasteiger partial charge in [-0.2, -0.15) is 0 Å². The molecule has 3 N–H and O–H groups in total. The average molecular weight is 706 g/mol. The van der Waals surface area contributed by atoms with Crippen molar-refractivity contribution in [1.29, 1.82) is 0 Å². The Morgan fingerprint density at radius 3 is 1.31 bits per heavy atom. The molecule has 0 saturated heterocycles. The zero-order chi connectivity index (χ0) is 35.2. The molecule has 9 heteroatoms. The van der Waals surface area contributed by atoms with Gasteiger partial charge in [0.15, 0.2) is 0 Å². The van der Waals surface area contributed by atoms with E-state index in [-0.39, 0.29) is 32.3 Å². The summed E-state index contributed by atoms with van der Waals surface area (Å²) in [6, 6.07) is 0. The molecule has 2 atom stereocenters. The minimum absolute atomic E-state index is 0.0902. The highest BCUT2D eigenvalue weighted by Crippen LogP contribution is 2.43. The van der Waals surface area contributed by atoms with E-state index in [9.17, 15) is 14.3 Å². The number of carbonyl (C=O) groups excluding carboxylic acids is 1. The Morgan fingerprint density at radius 2 is 0.917 bits per heavy atom. The van der Waals surface area contributed by atoms with E-state index in [0.29, 0.717) is 13.0 Å². The number of carbonyl (C=O) groups is 1. The summed E-state index contributed by atoms with van der Waals surface area (Å²) in [7, 11) is -4.26. The van der Waals surface area contributed by atoms with E-state index in [2.05, 4.69) is 13.8 Å². The monoisotopic (exact) mass is 706 g/mol. The normalized spacial score (nSPS) is 13.5. The number of phosphoric ester groups is 1. The summed E-state index contributed by atoms with van der Waals surface area (Å²) in [6.45, 7) is 4.97. The zero-order valence-corrected chi connectivity index (χ0v) is 32.6. The number of unbranched alkanes of at least 4 members (excludes halogenated alkanes) is 27. The molecule has 0 fully saturated rings. The Hall–Kier alpha value is -0.500. The lowest BCUT2D eigenvalue weighted by atomic mass is 10.0. The van der Waals surface area contributed by atoms with Crippen LogP contribution in [0.15, 0.2) is 0 Å². The van der Waals surface area contributed by atoms with Crippen LogP contribution in [0.2, 0.25) is 0 Å². The summed E-state index contributed by atoms with van der Waals surface area (Å²) in [5.74, 6) is -0.325. The van der Waals surface area contributed by atoms with Crippen LogP contribution in [-0.4, -0.2) is 49.9 Å². The van der Waals surface area contributed by atoms with E-state index in [1.54, 1.807) is 0 Å². The minimum Gasteiger partial charge on any atom is -0.457 e. The van der Waals surface area contributed by atoms with Gasteiger partial charge in [-0.1, -0.05) is 187 Å². The van der Waals surface area contributed by atoms with Crippen LogP contribution in [0.1, 0.15) is 206 Å². The summed E-state index contributed by atoms with van der Waals surface area (Å²) < 4.78 is 33.4. The molecule has 0 amide bonds. The lowest BCUT2D eigenvalue weighted by Crippen LogP contribution is -2.28. The lowest BCUT2D eigenvalue weighted by Gasteiger charge is -2.20. The van der Waals surface area contributed by atoms with E-state index < -0.39 is 13.9 Å². The Balaban J connectivity index is 4.01. The van der Waals surface area contributed by atoms with Gasteiger partial charge in [0.05, 0.1) is 19.8 Å². The fourth-order valence-corrected chi connectivity index (χ4v) is 6.76.